The molecule has 0 unspecified atom stereocenters. The van der Waals surface area contributed by atoms with Gasteiger partial charge in [-0.15, -0.1) is 0 Å². The Kier molecular flexibility index (Phi) is 6.81. The number of nitrogens with zero attached hydrogens (tertiary/aromatic N) is 3. The van der Waals surface area contributed by atoms with Gasteiger partial charge < -0.3 is 14.7 Å². The number of carbonyl (C=O) groups excluding carboxylic acids is 2. The second kappa shape index (κ2) is 9.93. The van der Waals surface area contributed by atoms with Crippen LogP contribution in [0.15, 0.2) is 60.2 Å². The molecular formula is C24H25N3O6. The molecule has 2 saturated heterocycles. The van der Waals surface area contributed by atoms with Crippen molar-refractivity contribution in [1.29, 1.82) is 0 Å². The van der Waals surface area contributed by atoms with Gasteiger partial charge in [-0.3, -0.25) is 24.6 Å². The van der Waals surface area contributed by atoms with Gasteiger partial charge in [-0.1, -0.05) is 42.5 Å². The fourth-order valence-corrected chi connectivity index (χ4v) is 4.31. The van der Waals surface area contributed by atoms with E-state index in [1.165, 1.54) is 23.1 Å². The van der Waals surface area contributed by atoms with Gasteiger partial charge in [0, 0.05) is 43.9 Å². The summed E-state index contributed by atoms with van der Waals surface area (Å²) < 4.78 is 5.36. The second-order valence-corrected chi connectivity index (χ2v) is 8.02. The molecule has 0 aromatic heterocycles. The summed E-state index contributed by atoms with van der Waals surface area (Å²) in [5.41, 5.74) is 0.607. The van der Waals surface area contributed by atoms with Crippen molar-refractivity contribution >= 4 is 23.1 Å². The Bertz CT molecular complexity index is 1080. The van der Waals surface area contributed by atoms with E-state index in [9.17, 15) is 24.8 Å². The van der Waals surface area contributed by atoms with Crippen molar-refractivity contribution in [2.75, 3.05) is 39.4 Å². The Morgan fingerprint density at radius 2 is 1.79 bits per heavy atom. The average molecular weight is 451 g/mol. The molecule has 2 heterocycles. The van der Waals surface area contributed by atoms with E-state index in [1.54, 1.807) is 36.4 Å². The van der Waals surface area contributed by atoms with E-state index in [1.807, 2.05) is 0 Å². The molecule has 4 rings (SSSR count). The minimum atomic E-state index is -0.908. The van der Waals surface area contributed by atoms with Gasteiger partial charge >= 0.3 is 0 Å². The van der Waals surface area contributed by atoms with Crippen LogP contribution in [0.25, 0.3) is 5.76 Å². The molecule has 172 valence electrons. The molecule has 33 heavy (non-hydrogen) atoms. The van der Waals surface area contributed by atoms with E-state index in [4.69, 9.17) is 4.74 Å². The van der Waals surface area contributed by atoms with Crippen LogP contribution in [-0.4, -0.2) is 70.9 Å². The highest BCUT2D eigenvalue weighted by molar-refractivity contribution is 6.46. The van der Waals surface area contributed by atoms with Crippen molar-refractivity contribution in [2.45, 2.75) is 12.5 Å². The van der Waals surface area contributed by atoms with Gasteiger partial charge in [0.15, 0.2) is 0 Å². The molecule has 2 fully saturated rings. The zero-order valence-corrected chi connectivity index (χ0v) is 18.1. The summed E-state index contributed by atoms with van der Waals surface area (Å²) in [5, 5.41) is 22.3. The van der Waals surface area contributed by atoms with Crippen LogP contribution in [0.3, 0.4) is 0 Å². The van der Waals surface area contributed by atoms with E-state index in [0.29, 0.717) is 30.8 Å². The number of ketones is 1. The summed E-state index contributed by atoms with van der Waals surface area (Å²) in [7, 11) is 0. The van der Waals surface area contributed by atoms with Gasteiger partial charge in [0.1, 0.15) is 5.76 Å². The molecule has 0 bridgehead atoms. The molecule has 1 amide bonds. The lowest BCUT2D eigenvalue weighted by Crippen LogP contribution is -2.39. The number of hydrogen-bond acceptors (Lipinski definition) is 7. The van der Waals surface area contributed by atoms with Crippen LogP contribution < -0.4 is 0 Å². The van der Waals surface area contributed by atoms with Crippen molar-refractivity contribution in [2.24, 2.45) is 0 Å². The summed E-state index contributed by atoms with van der Waals surface area (Å²) in [5.74, 6) is -1.80. The van der Waals surface area contributed by atoms with Crippen molar-refractivity contribution in [3.05, 3.63) is 81.4 Å². The van der Waals surface area contributed by atoms with Gasteiger partial charge in [-0.2, -0.15) is 0 Å². The monoisotopic (exact) mass is 451 g/mol. The highest BCUT2D eigenvalue weighted by Gasteiger charge is 2.46. The number of benzene rings is 2. The minimum absolute atomic E-state index is 0.0573. The SMILES string of the molecule is O=C1C(=O)N(CCCN2CCOCC2)[C@H](c2cccc([N+](=O)[O-])c2)C1=C(O)c1ccccc1. The Hall–Kier alpha value is -3.56. The van der Waals surface area contributed by atoms with Crippen LogP contribution in [0.1, 0.15) is 23.6 Å². The number of hydrogen-bond donors (Lipinski definition) is 1. The summed E-state index contributed by atoms with van der Waals surface area (Å²) >= 11 is 0. The number of nitro benzene ring substituents is 1. The van der Waals surface area contributed by atoms with Crippen LogP contribution >= 0.6 is 0 Å². The van der Waals surface area contributed by atoms with Crippen LogP contribution in [-0.2, 0) is 14.3 Å². The first-order valence-corrected chi connectivity index (χ1v) is 10.9. The highest BCUT2D eigenvalue weighted by Crippen LogP contribution is 2.40. The Labute approximate surface area is 191 Å². The van der Waals surface area contributed by atoms with E-state index in [2.05, 4.69) is 4.90 Å². The van der Waals surface area contributed by atoms with E-state index < -0.39 is 22.7 Å². The Morgan fingerprint density at radius 1 is 1.06 bits per heavy atom. The second-order valence-electron chi connectivity index (χ2n) is 8.02. The van der Waals surface area contributed by atoms with Crippen molar-refractivity contribution in [3.8, 4) is 0 Å². The molecule has 1 N–H and O–H groups in total. The number of amides is 1. The fourth-order valence-electron chi connectivity index (χ4n) is 4.31. The van der Waals surface area contributed by atoms with Crippen LogP contribution in [0, 0.1) is 10.1 Å². The standard InChI is InChI=1S/C24H25N3O6/c28-22(17-6-2-1-3-7-17)20-21(18-8-4-9-19(16-18)27(31)32)26(24(30)23(20)29)11-5-10-25-12-14-33-15-13-25/h1-4,6-9,16,21,28H,5,10-15H2/t21-/m1/s1. The topological polar surface area (TPSA) is 113 Å². The predicted octanol–water partition coefficient (Wildman–Crippen LogP) is 2.74. The zero-order chi connectivity index (χ0) is 23.4. The number of ether oxygens (including phenoxy) is 1. The van der Waals surface area contributed by atoms with Gasteiger partial charge in [0.25, 0.3) is 17.4 Å². The number of rotatable bonds is 7. The molecule has 9 nitrogen and oxygen atoms in total. The number of carbonyl (C=O) groups is 2. The normalized spacial score (nSPS) is 20.8. The van der Waals surface area contributed by atoms with Crippen LogP contribution in [0.5, 0.6) is 0 Å². The molecule has 0 spiro atoms. The summed E-state index contributed by atoms with van der Waals surface area (Å²) in [6.07, 6.45) is 0.615. The highest BCUT2D eigenvalue weighted by atomic mass is 16.6. The smallest absolute Gasteiger partial charge is 0.295 e. The van der Waals surface area contributed by atoms with E-state index >= 15 is 0 Å². The first kappa shape index (κ1) is 22.6. The molecule has 1 atom stereocenters. The molecular weight excluding hydrogens is 426 g/mol. The third-order valence-electron chi connectivity index (χ3n) is 5.96. The summed E-state index contributed by atoms with van der Waals surface area (Å²) in [4.78, 5) is 40.5. The van der Waals surface area contributed by atoms with Crippen molar-refractivity contribution in [1.82, 2.24) is 9.80 Å². The number of aliphatic hydroxyl groups excluding tert-OH is 1. The van der Waals surface area contributed by atoms with E-state index in [0.717, 1.165) is 19.6 Å². The van der Waals surface area contributed by atoms with Crippen molar-refractivity contribution < 1.29 is 24.4 Å². The number of nitro groups is 1. The molecule has 0 radical (unpaired) electrons. The first-order valence-electron chi connectivity index (χ1n) is 10.9. The molecule has 2 aliphatic heterocycles. The third-order valence-corrected chi connectivity index (χ3v) is 5.96. The number of non-ortho nitro benzene ring substituents is 1. The lowest BCUT2D eigenvalue weighted by molar-refractivity contribution is -0.384. The fraction of sp³-hybridized carbons (Fsp3) is 0.333. The quantitative estimate of drug-likeness (QED) is 0.226. The first-order chi connectivity index (χ1) is 16.0. The Morgan fingerprint density at radius 3 is 2.48 bits per heavy atom. The maximum atomic E-state index is 13.0. The number of aliphatic hydroxyl groups is 1. The maximum Gasteiger partial charge on any atom is 0.295 e. The van der Waals surface area contributed by atoms with E-state index in [-0.39, 0.29) is 23.6 Å². The molecule has 0 aliphatic carbocycles. The van der Waals surface area contributed by atoms with Gasteiger partial charge in [-0.05, 0) is 12.0 Å². The molecule has 0 saturated carbocycles. The number of likely N-dealkylation sites (tertiary alicyclic amines) is 1. The summed E-state index contributed by atoms with van der Waals surface area (Å²) in [6.45, 7) is 3.94. The maximum absolute atomic E-state index is 13.0. The van der Waals surface area contributed by atoms with Crippen LogP contribution in [0.2, 0.25) is 0 Å². The minimum Gasteiger partial charge on any atom is -0.507 e. The molecule has 9 heteroatoms. The molecule has 2 aliphatic rings. The lowest BCUT2D eigenvalue weighted by atomic mass is 9.95. The largest absolute Gasteiger partial charge is 0.507 e. The average Bonchev–Trinajstić information content (AvgIpc) is 3.10. The lowest BCUT2D eigenvalue weighted by Gasteiger charge is -2.29. The van der Waals surface area contributed by atoms with Crippen LogP contribution in [0.4, 0.5) is 5.69 Å². The predicted molar refractivity (Wildman–Crippen MR) is 120 cm³/mol. The Balaban J connectivity index is 1.70. The van der Waals surface area contributed by atoms with Gasteiger partial charge in [0.2, 0.25) is 0 Å². The zero-order valence-electron chi connectivity index (χ0n) is 18.1. The number of Topliss-reactive ketones (excluding diaryl/α,β-unsaturated/α-hetero) is 1. The van der Waals surface area contributed by atoms with Crippen molar-refractivity contribution in [3.63, 3.8) is 0 Å². The molecule has 2 aromatic rings. The third kappa shape index (κ3) is 4.79. The van der Waals surface area contributed by atoms with Gasteiger partial charge in [-0.25, -0.2) is 0 Å². The number of morpholine rings is 1. The summed E-state index contributed by atoms with van der Waals surface area (Å²) in [6, 6.07) is 13.5. The molecule has 2 aromatic carbocycles. The van der Waals surface area contributed by atoms with Gasteiger partial charge in [0.05, 0.1) is 29.8 Å².